The quantitative estimate of drug-likeness (QED) is 0.696. The molecule has 2 aliphatic rings. The first-order chi connectivity index (χ1) is 14.2. The number of benzene rings is 2. The summed E-state index contributed by atoms with van der Waals surface area (Å²) in [5, 5.41) is 3.34. The predicted molar refractivity (Wildman–Crippen MR) is 131 cm³/mol. The molecule has 0 unspecified atom stereocenters. The van der Waals surface area contributed by atoms with E-state index in [0.29, 0.717) is 0 Å². The molecular weight excluding hydrogens is 433 g/mol. The minimum atomic E-state index is 0. The van der Waals surface area contributed by atoms with E-state index < -0.39 is 0 Å². The van der Waals surface area contributed by atoms with Crippen molar-refractivity contribution in [3.05, 3.63) is 54.1 Å². The van der Waals surface area contributed by atoms with E-state index in [1.54, 1.807) is 0 Å². The molecule has 0 aromatic heterocycles. The largest absolute Gasteiger partial charge is 0.492 e. The Balaban J connectivity index is 0.00000171. The molecule has 1 amide bonds. The predicted octanol–water partition coefficient (Wildman–Crippen LogP) is 4.11. The molecule has 2 fully saturated rings. The highest BCUT2D eigenvalue weighted by Crippen LogP contribution is 2.24. The number of carbonyl (C=O) groups excluding carboxylic acids is 1. The SMILES string of the molecule is C[C@@H]1CNCCN1C(=O)c1cccc(-c2ccc(OCCN3CCCC3)cc2)c1.Cl.Cl. The van der Waals surface area contributed by atoms with Crippen molar-refractivity contribution in [3.8, 4) is 16.9 Å². The fourth-order valence-electron chi connectivity index (χ4n) is 4.18. The molecular formula is C24H33Cl2N3O2. The highest BCUT2D eigenvalue weighted by molar-refractivity contribution is 5.95. The van der Waals surface area contributed by atoms with E-state index in [0.717, 1.165) is 55.2 Å². The van der Waals surface area contributed by atoms with Gasteiger partial charge in [0.1, 0.15) is 12.4 Å². The van der Waals surface area contributed by atoms with Crippen molar-refractivity contribution in [2.24, 2.45) is 0 Å². The van der Waals surface area contributed by atoms with Gasteiger partial charge >= 0.3 is 0 Å². The summed E-state index contributed by atoms with van der Waals surface area (Å²) in [6.45, 7) is 8.68. The lowest BCUT2D eigenvalue weighted by Crippen LogP contribution is -2.52. The lowest BCUT2D eigenvalue weighted by molar-refractivity contribution is 0.0656. The van der Waals surface area contributed by atoms with Crippen LogP contribution in [-0.2, 0) is 0 Å². The summed E-state index contributed by atoms with van der Waals surface area (Å²) in [5.74, 6) is 1.01. The lowest BCUT2D eigenvalue weighted by atomic mass is 10.0. The summed E-state index contributed by atoms with van der Waals surface area (Å²) in [6, 6.07) is 16.3. The molecule has 2 heterocycles. The van der Waals surface area contributed by atoms with E-state index in [-0.39, 0.29) is 36.8 Å². The van der Waals surface area contributed by atoms with Crippen molar-refractivity contribution in [2.45, 2.75) is 25.8 Å². The summed E-state index contributed by atoms with van der Waals surface area (Å²) >= 11 is 0. The van der Waals surface area contributed by atoms with Gasteiger partial charge in [0.05, 0.1) is 0 Å². The van der Waals surface area contributed by atoms with Gasteiger partial charge in [0, 0.05) is 37.8 Å². The highest BCUT2D eigenvalue weighted by atomic mass is 35.5. The van der Waals surface area contributed by atoms with Gasteiger partial charge in [-0.15, -0.1) is 24.8 Å². The van der Waals surface area contributed by atoms with Crippen LogP contribution in [0.3, 0.4) is 0 Å². The number of likely N-dealkylation sites (tertiary alicyclic amines) is 1. The van der Waals surface area contributed by atoms with Crippen LogP contribution in [0.5, 0.6) is 5.75 Å². The van der Waals surface area contributed by atoms with Crippen LogP contribution >= 0.6 is 24.8 Å². The van der Waals surface area contributed by atoms with E-state index in [1.807, 2.05) is 35.2 Å². The average molecular weight is 466 g/mol. The smallest absolute Gasteiger partial charge is 0.254 e. The van der Waals surface area contributed by atoms with Crippen LogP contribution in [0.4, 0.5) is 0 Å². The molecule has 5 nitrogen and oxygen atoms in total. The molecule has 4 rings (SSSR count). The molecule has 1 N–H and O–H groups in total. The number of amides is 1. The lowest BCUT2D eigenvalue weighted by Gasteiger charge is -2.34. The van der Waals surface area contributed by atoms with Gasteiger partial charge in [0.2, 0.25) is 0 Å². The van der Waals surface area contributed by atoms with Crippen LogP contribution < -0.4 is 10.1 Å². The monoisotopic (exact) mass is 465 g/mol. The first-order valence-electron chi connectivity index (χ1n) is 10.8. The number of rotatable bonds is 6. The number of ether oxygens (including phenoxy) is 1. The molecule has 1 atom stereocenters. The normalized spacial score (nSPS) is 18.7. The van der Waals surface area contributed by atoms with Gasteiger partial charge < -0.3 is 15.0 Å². The third kappa shape index (κ3) is 6.59. The third-order valence-electron chi connectivity index (χ3n) is 5.93. The second kappa shape index (κ2) is 12.3. The van der Waals surface area contributed by atoms with Gasteiger partial charge in [-0.05, 0) is 68.2 Å². The average Bonchev–Trinajstić information content (AvgIpc) is 3.28. The molecule has 0 radical (unpaired) electrons. The summed E-state index contributed by atoms with van der Waals surface area (Å²) < 4.78 is 5.90. The zero-order valence-corrected chi connectivity index (χ0v) is 19.7. The standard InChI is InChI=1S/C24H31N3O2.2ClH/c1-19-18-25-11-14-27(19)24(28)22-6-4-5-21(17-22)20-7-9-23(10-8-20)29-16-15-26-12-2-3-13-26;;/h4-10,17,19,25H,2-3,11-16,18H2,1H3;2*1H/t19-;;/m1../s1. The van der Waals surface area contributed by atoms with Crippen LogP contribution in [0.2, 0.25) is 0 Å². The van der Waals surface area contributed by atoms with E-state index >= 15 is 0 Å². The van der Waals surface area contributed by atoms with Gasteiger partial charge in [-0.25, -0.2) is 0 Å². The zero-order chi connectivity index (χ0) is 20.1. The van der Waals surface area contributed by atoms with Crippen molar-refractivity contribution in [2.75, 3.05) is 45.9 Å². The molecule has 0 aliphatic carbocycles. The van der Waals surface area contributed by atoms with Gasteiger partial charge in [-0.2, -0.15) is 0 Å². The maximum Gasteiger partial charge on any atom is 0.254 e. The van der Waals surface area contributed by atoms with E-state index in [1.165, 1.54) is 25.9 Å². The fraction of sp³-hybridized carbons (Fsp3) is 0.458. The van der Waals surface area contributed by atoms with Crippen molar-refractivity contribution >= 4 is 30.7 Å². The topological polar surface area (TPSA) is 44.8 Å². The molecule has 2 aromatic rings. The zero-order valence-electron chi connectivity index (χ0n) is 18.1. The summed E-state index contributed by atoms with van der Waals surface area (Å²) in [6.07, 6.45) is 2.62. The number of nitrogens with zero attached hydrogens (tertiary/aromatic N) is 2. The molecule has 7 heteroatoms. The number of carbonyl (C=O) groups is 1. The van der Waals surface area contributed by atoms with Crippen LogP contribution in [0.1, 0.15) is 30.1 Å². The van der Waals surface area contributed by atoms with Crippen molar-refractivity contribution in [3.63, 3.8) is 0 Å². The van der Waals surface area contributed by atoms with Crippen LogP contribution in [0.15, 0.2) is 48.5 Å². The highest BCUT2D eigenvalue weighted by Gasteiger charge is 2.24. The Hall–Kier alpha value is -1.79. The fourth-order valence-corrected chi connectivity index (χ4v) is 4.18. The maximum absolute atomic E-state index is 12.9. The first-order valence-corrected chi connectivity index (χ1v) is 10.8. The van der Waals surface area contributed by atoms with E-state index in [9.17, 15) is 4.79 Å². The Bertz CT molecular complexity index is 826. The Kier molecular flexibility index (Phi) is 10.1. The number of hydrogen-bond acceptors (Lipinski definition) is 4. The van der Waals surface area contributed by atoms with Gasteiger partial charge in [-0.1, -0.05) is 24.3 Å². The van der Waals surface area contributed by atoms with Crippen LogP contribution in [0.25, 0.3) is 11.1 Å². The summed E-state index contributed by atoms with van der Waals surface area (Å²) in [5.41, 5.74) is 2.91. The molecule has 2 saturated heterocycles. The number of piperazine rings is 1. The maximum atomic E-state index is 12.9. The molecule has 2 aromatic carbocycles. The Morgan fingerprint density at radius 1 is 1.03 bits per heavy atom. The second-order valence-corrected chi connectivity index (χ2v) is 8.05. The summed E-state index contributed by atoms with van der Waals surface area (Å²) in [7, 11) is 0. The van der Waals surface area contributed by atoms with E-state index in [4.69, 9.17) is 4.74 Å². The molecule has 2 aliphatic heterocycles. The molecule has 0 spiro atoms. The minimum Gasteiger partial charge on any atom is -0.492 e. The molecule has 31 heavy (non-hydrogen) atoms. The summed E-state index contributed by atoms with van der Waals surface area (Å²) in [4.78, 5) is 17.4. The van der Waals surface area contributed by atoms with Crippen molar-refractivity contribution < 1.29 is 9.53 Å². The number of nitrogens with one attached hydrogen (secondary N) is 1. The Morgan fingerprint density at radius 2 is 1.77 bits per heavy atom. The van der Waals surface area contributed by atoms with Crippen LogP contribution in [-0.4, -0.2) is 67.6 Å². The molecule has 0 saturated carbocycles. The first kappa shape index (κ1) is 25.5. The van der Waals surface area contributed by atoms with E-state index in [2.05, 4.69) is 35.3 Å². The second-order valence-electron chi connectivity index (χ2n) is 8.05. The van der Waals surface area contributed by atoms with Crippen LogP contribution in [0, 0.1) is 0 Å². The molecule has 170 valence electrons. The van der Waals surface area contributed by atoms with Gasteiger partial charge in [0.25, 0.3) is 5.91 Å². The van der Waals surface area contributed by atoms with Crippen molar-refractivity contribution in [1.82, 2.24) is 15.1 Å². The number of hydrogen-bond donors (Lipinski definition) is 1. The number of halogens is 2. The van der Waals surface area contributed by atoms with Gasteiger partial charge in [0.15, 0.2) is 0 Å². The third-order valence-corrected chi connectivity index (χ3v) is 5.93. The Morgan fingerprint density at radius 3 is 2.48 bits per heavy atom. The van der Waals surface area contributed by atoms with Crippen molar-refractivity contribution in [1.29, 1.82) is 0 Å². The molecule has 0 bridgehead atoms. The van der Waals surface area contributed by atoms with Gasteiger partial charge in [-0.3, -0.25) is 9.69 Å². The minimum absolute atomic E-state index is 0. The Labute approximate surface area is 198 Å².